The van der Waals surface area contributed by atoms with Crippen molar-refractivity contribution in [2.45, 2.75) is 18.8 Å². The Morgan fingerprint density at radius 3 is 2.41 bits per heavy atom. The summed E-state index contributed by atoms with van der Waals surface area (Å²) in [6.07, 6.45) is 1.88. The van der Waals surface area contributed by atoms with Crippen LogP contribution in [0.2, 0.25) is 5.02 Å². The van der Waals surface area contributed by atoms with Crippen LogP contribution in [0.25, 0.3) is 0 Å². The Hall–Kier alpha value is -2.00. The van der Waals surface area contributed by atoms with E-state index in [-0.39, 0.29) is 11.7 Å². The SMILES string of the molecule is O=C(c1cccc(Cl)c1)N1CCC(c2ccc(O)cc2)CC1. The molecule has 114 valence electrons. The van der Waals surface area contributed by atoms with Gasteiger partial charge in [0.15, 0.2) is 0 Å². The van der Waals surface area contributed by atoms with Gasteiger partial charge in [-0.05, 0) is 54.7 Å². The summed E-state index contributed by atoms with van der Waals surface area (Å²) in [5.41, 5.74) is 1.88. The third kappa shape index (κ3) is 3.25. The first kappa shape index (κ1) is 14.9. The second kappa shape index (κ2) is 6.41. The minimum Gasteiger partial charge on any atom is -0.508 e. The van der Waals surface area contributed by atoms with Crippen molar-refractivity contribution < 1.29 is 9.90 Å². The van der Waals surface area contributed by atoms with E-state index in [1.165, 1.54) is 5.56 Å². The highest BCUT2D eigenvalue weighted by Gasteiger charge is 2.24. The highest BCUT2D eigenvalue weighted by atomic mass is 35.5. The van der Waals surface area contributed by atoms with E-state index in [1.807, 2.05) is 17.0 Å². The van der Waals surface area contributed by atoms with Gasteiger partial charge in [0.05, 0.1) is 0 Å². The van der Waals surface area contributed by atoms with Gasteiger partial charge in [-0.2, -0.15) is 0 Å². The van der Waals surface area contributed by atoms with Crippen molar-refractivity contribution in [3.63, 3.8) is 0 Å². The monoisotopic (exact) mass is 315 g/mol. The molecule has 22 heavy (non-hydrogen) atoms. The fraction of sp³-hybridized carbons (Fsp3) is 0.278. The zero-order valence-corrected chi connectivity index (χ0v) is 13.0. The predicted molar refractivity (Wildman–Crippen MR) is 87.4 cm³/mol. The first-order valence-corrected chi connectivity index (χ1v) is 7.85. The van der Waals surface area contributed by atoms with Crippen LogP contribution in [0.1, 0.15) is 34.7 Å². The molecule has 0 aromatic heterocycles. The Morgan fingerprint density at radius 2 is 1.77 bits per heavy atom. The molecule has 0 spiro atoms. The molecule has 1 saturated heterocycles. The number of likely N-dealkylation sites (tertiary alicyclic amines) is 1. The molecule has 4 heteroatoms. The molecule has 3 rings (SSSR count). The average molecular weight is 316 g/mol. The van der Waals surface area contributed by atoms with Crippen molar-refractivity contribution >= 4 is 17.5 Å². The maximum Gasteiger partial charge on any atom is 0.253 e. The number of halogens is 1. The van der Waals surface area contributed by atoms with Crippen molar-refractivity contribution in [2.75, 3.05) is 13.1 Å². The van der Waals surface area contributed by atoms with Gasteiger partial charge in [0.2, 0.25) is 0 Å². The molecule has 1 aliphatic rings. The second-order valence-electron chi connectivity index (χ2n) is 5.67. The van der Waals surface area contributed by atoms with Crippen molar-refractivity contribution in [1.82, 2.24) is 4.90 Å². The molecule has 1 fully saturated rings. The number of amides is 1. The number of phenols is 1. The van der Waals surface area contributed by atoms with Gasteiger partial charge < -0.3 is 10.0 Å². The summed E-state index contributed by atoms with van der Waals surface area (Å²) >= 11 is 5.95. The van der Waals surface area contributed by atoms with Crippen LogP contribution >= 0.6 is 11.6 Å². The molecule has 2 aromatic rings. The first-order chi connectivity index (χ1) is 10.6. The van der Waals surface area contributed by atoms with Crippen LogP contribution in [-0.2, 0) is 0 Å². The third-order valence-electron chi connectivity index (χ3n) is 4.22. The fourth-order valence-corrected chi connectivity index (χ4v) is 3.16. The lowest BCUT2D eigenvalue weighted by Crippen LogP contribution is -2.37. The van der Waals surface area contributed by atoms with E-state index in [0.717, 1.165) is 25.9 Å². The smallest absolute Gasteiger partial charge is 0.253 e. The number of hydrogen-bond acceptors (Lipinski definition) is 2. The first-order valence-electron chi connectivity index (χ1n) is 7.47. The normalized spacial score (nSPS) is 15.8. The molecule has 1 N–H and O–H groups in total. The molecule has 2 aromatic carbocycles. The highest BCUT2D eigenvalue weighted by molar-refractivity contribution is 6.30. The maximum absolute atomic E-state index is 12.5. The van der Waals surface area contributed by atoms with Crippen LogP contribution in [0.4, 0.5) is 0 Å². The molecule has 0 atom stereocenters. The Bertz CT molecular complexity index is 661. The van der Waals surface area contributed by atoms with Crippen molar-refractivity contribution in [2.24, 2.45) is 0 Å². The zero-order valence-electron chi connectivity index (χ0n) is 12.2. The highest BCUT2D eigenvalue weighted by Crippen LogP contribution is 2.29. The molecule has 0 unspecified atom stereocenters. The van der Waals surface area contributed by atoms with Gasteiger partial charge in [0, 0.05) is 23.7 Å². The number of rotatable bonds is 2. The summed E-state index contributed by atoms with van der Waals surface area (Å²) < 4.78 is 0. The molecule has 1 amide bonds. The molecule has 1 aliphatic heterocycles. The predicted octanol–water partition coefficient (Wildman–Crippen LogP) is 4.07. The minimum absolute atomic E-state index is 0.0478. The summed E-state index contributed by atoms with van der Waals surface area (Å²) in [5.74, 6) is 0.785. The molecule has 3 nitrogen and oxygen atoms in total. The summed E-state index contributed by atoms with van der Waals surface area (Å²) in [6.45, 7) is 1.49. The number of benzene rings is 2. The molecule has 0 aliphatic carbocycles. The van der Waals surface area contributed by atoms with E-state index in [4.69, 9.17) is 11.6 Å². The van der Waals surface area contributed by atoms with E-state index in [2.05, 4.69) is 0 Å². The average Bonchev–Trinajstić information content (AvgIpc) is 2.55. The van der Waals surface area contributed by atoms with E-state index < -0.39 is 0 Å². The Labute approximate surface area is 135 Å². The Kier molecular flexibility index (Phi) is 4.34. The Morgan fingerprint density at radius 1 is 1.09 bits per heavy atom. The lowest BCUT2D eigenvalue weighted by molar-refractivity contribution is 0.0713. The molecule has 0 saturated carbocycles. The molecular weight excluding hydrogens is 298 g/mol. The summed E-state index contributed by atoms with van der Waals surface area (Å²) in [7, 11) is 0. The molecule has 0 radical (unpaired) electrons. The minimum atomic E-state index is 0.0478. The summed E-state index contributed by atoms with van der Waals surface area (Å²) in [6, 6.07) is 14.5. The van der Waals surface area contributed by atoms with Crippen molar-refractivity contribution in [3.8, 4) is 5.75 Å². The standard InChI is InChI=1S/C18H18ClNO2/c19-16-3-1-2-15(12-16)18(22)20-10-8-14(9-11-20)13-4-6-17(21)7-5-13/h1-7,12,14,21H,8-11H2. The lowest BCUT2D eigenvalue weighted by atomic mass is 9.89. The van der Waals surface area contributed by atoms with E-state index in [0.29, 0.717) is 16.5 Å². The van der Waals surface area contributed by atoms with Gasteiger partial charge >= 0.3 is 0 Å². The van der Waals surface area contributed by atoms with Crippen LogP contribution in [0, 0.1) is 0 Å². The van der Waals surface area contributed by atoms with Gasteiger partial charge in [0.1, 0.15) is 5.75 Å². The van der Waals surface area contributed by atoms with Crippen LogP contribution in [-0.4, -0.2) is 29.0 Å². The summed E-state index contributed by atoms with van der Waals surface area (Å²) in [5, 5.41) is 9.94. The van der Waals surface area contributed by atoms with Gasteiger partial charge in [-0.3, -0.25) is 4.79 Å². The van der Waals surface area contributed by atoms with Gasteiger partial charge in [-0.15, -0.1) is 0 Å². The number of piperidine rings is 1. The number of hydrogen-bond donors (Lipinski definition) is 1. The van der Waals surface area contributed by atoms with Gasteiger partial charge in [-0.25, -0.2) is 0 Å². The fourth-order valence-electron chi connectivity index (χ4n) is 2.97. The maximum atomic E-state index is 12.5. The van der Waals surface area contributed by atoms with Gasteiger partial charge in [0.25, 0.3) is 5.91 Å². The Balaban J connectivity index is 1.64. The zero-order chi connectivity index (χ0) is 15.5. The van der Waals surface area contributed by atoms with Crippen LogP contribution in [0.15, 0.2) is 48.5 Å². The number of nitrogens with zero attached hydrogens (tertiary/aromatic N) is 1. The largest absolute Gasteiger partial charge is 0.508 e. The number of phenolic OH excluding ortho intramolecular Hbond substituents is 1. The topological polar surface area (TPSA) is 40.5 Å². The number of aromatic hydroxyl groups is 1. The second-order valence-corrected chi connectivity index (χ2v) is 6.10. The van der Waals surface area contributed by atoms with Crippen molar-refractivity contribution in [3.05, 3.63) is 64.7 Å². The summed E-state index contributed by atoms with van der Waals surface area (Å²) in [4.78, 5) is 14.4. The molecule has 0 bridgehead atoms. The van der Waals surface area contributed by atoms with Gasteiger partial charge in [-0.1, -0.05) is 29.8 Å². The molecule has 1 heterocycles. The van der Waals surface area contributed by atoms with Crippen molar-refractivity contribution in [1.29, 1.82) is 0 Å². The van der Waals surface area contributed by atoms with Crippen LogP contribution in [0.3, 0.4) is 0 Å². The van der Waals surface area contributed by atoms with Crippen LogP contribution < -0.4 is 0 Å². The van der Waals surface area contributed by atoms with E-state index in [9.17, 15) is 9.90 Å². The third-order valence-corrected chi connectivity index (χ3v) is 4.45. The quantitative estimate of drug-likeness (QED) is 0.907. The lowest BCUT2D eigenvalue weighted by Gasteiger charge is -2.32. The van der Waals surface area contributed by atoms with E-state index >= 15 is 0 Å². The number of carbonyl (C=O) groups is 1. The number of carbonyl (C=O) groups excluding carboxylic acids is 1. The molecular formula is C18H18ClNO2. The van der Waals surface area contributed by atoms with E-state index in [1.54, 1.807) is 36.4 Å². The van der Waals surface area contributed by atoms with Crippen LogP contribution in [0.5, 0.6) is 5.75 Å².